The highest BCUT2D eigenvalue weighted by atomic mass is 16.6. The number of carbonyl (C=O) groups excluding carboxylic acids is 1. The highest BCUT2D eigenvalue weighted by Crippen LogP contribution is 2.27. The molecule has 0 aliphatic heterocycles. The number of aryl methyl sites for hydroxylation is 1. The molecule has 6 nitrogen and oxygen atoms in total. The van der Waals surface area contributed by atoms with Gasteiger partial charge < -0.3 is 10.1 Å². The Bertz CT molecular complexity index is 971. The highest BCUT2D eigenvalue weighted by Gasteiger charge is 2.12. The first-order valence-electron chi connectivity index (χ1n) is 8.37. The van der Waals surface area contributed by atoms with Gasteiger partial charge in [-0.1, -0.05) is 48.5 Å². The number of para-hydroxylation sites is 1. The molecule has 0 aliphatic rings. The third-order valence-corrected chi connectivity index (χ3v) is 4.02. The van der Waals surface area contributed by atoms with Crippen LogP contribution in [0.4, 0.5) is 11.4 Å². The molecule has 3 rings (SSSR count). The van der Waals surface area contributed by atoms with E-state index in [2.05, 4.69) is 5.32 Å². The van der Waals surface area contributed by atoms with Crippen LogP contribution in [-0.2, 0) is 4.79 Å². The Labute approximate surface area is 156 Å². The highest BCUT2D eigenvalue weighted by molar-refractivity contribution is 5.96. The Hall–Kier alpha value is -3.67. The number of anilines is 1. The number of ether oxygens (including phenoxy) is 1. The first kappa shape index (κ1) is 18.1. The number of nitrogens with zero attached hydrogens (tertiary/aromatic N) is 1. The Balaban J connectivity index is 1.67. The normalized spacial score (nSPS) is 10.3. The molecule has 0 fully saturated rings. The fourth-order valence-corrected chi connectivity index (χ4v) is 2.72. The molecule has 27 heavy (non-hydrogen) atoms. The zero-order valence-electron chi connectivity index (χ0n) is 14.7. The van der Waals surface area contributed by atoms with Crippen molar-refractivity contribution in [2.24, 2.45) is 0 Å². The van der Waals surface area contributed by atoms with E-state index in [9.17, 15) is 14.9 Å². The molecule has 0 unspecified atom stereocenters. The van der Waals surface area contributed by atoms with E-state index in [-0.39, 0.29) is 18.2 Å². The summed E-state index contributed by atoms with van der Waals surface area (Å²) in [5.41, 5.74) is 3.10. The van der Waals surface area contributed by atoms with Crippen LogP contribution in [0.15, 0.2) is 72.8 Å². The predicted octanol–water partition coefficient (Wildman–Crippen LogP) is 4.59. The van der Waals surface area contributed by atoms with E-state index in [0.29, 0.717) is 17.0 Å². The molecular formula is C21H18N2O4. The number of carbonyl (C=O) groups is 1. The number of hydrogen-bond acceptors (Lipinski definition) is 4. The molecule has 0 aromatic heterocycles. The molecule has 3 aromatic rings. The Morgan fingerprint density at radius 3 is 2.44 bits per heavy atom. The van der Waals surface area contributed by atoms with Crippen molar-refractivity contribution in [2.75, 3.05) is 11.9 Å². The van der Waals surface area contributed by atoms with Crippen LogP contribution in [0.3, 0.4) is 0 Å². The molecule has 6 heteroatoms. The predicted molar refractivity (Wildman–Crippen MR) is 104 cm³/mol. The zero-order valence-corrected chi connectivity index (χ0v) is 14.7. The molecule has 0 saturated carbocycles. The van der Waals surface area contributed by atoms with Crippen LogP contribution in [0, 0.1) is 17.0 Å². The molecule has 0 heterocycles. The van der Waals surface area contributed by atoms with Gasteiger partial charge in [-0.3, -0.25) is 14.9 Å². The lowest BCUT2D eigenvalue weighted by molar-refractivity contribution is -0.385. The monoisotopic (exact) mass is 362 g/mol. The van der Waals surface area contributed by atoms with Crippen LogP contribution in [0.2, 0.25) is 0 Å². The van der Waals surface area contributed by atoms with Gasteiger partial charge in [0, 0.05) is 22.9 Å². The molecule has 1 amide bonds. The maximum Gasteiger partial charge on any atom is 0.272 e. The first-order valence-corrected chi connectivity index (χ1v) is 8.37. The van der Waals surface area contributed by atoms with E-state index in [4.69, 9.17) is 4.74 Å². The summed E-state index contributed by atoms with van der Waals surface area (Å²) in [4.78, 5) is 22.7. The van der Waals surface area contributed by atoms with E-state index in [1.807, 2.05) is 54.6 Å². The van der Waals surface area contributed by atoms with E-state index < -0.39 is 4.92 Å². The number of amides is 1. The summed E-state index contributed by atoms with van der Waals surface area (Å²) in [5, 5.41) is 13.7. The van der Waals surface area contributed by atoms with Crippen molar-refractivity contribution >= 4 is 17.3 Å². The first-order chi connectivity index (χ1) is 13.0. The fourth-order valence-electron chi connectivity index (χ4n) is 2.72. The zero-order chi connectivity index (χ0) is 19.2. The average Bonchev–Trinajstić information content (AvgIpc) is 2.67. The summed E-state index contributed by atoms with van der Waals surface area (Å²) in [6.45, 7) is 1.43. The van der Waals surface area contributed by atoms with Crippen molar-refractivity contribution in [1.82, 2.24) is 0 Å². The van der Waals surface area contributed by atoms with Gasteiger partial charge in [0.2, 0.25) is 0 Å². The average molecular weight is 362 g/mol. The molecule has 0 atom stereocenters. The van der Waals surface area contributed by atoms with Crippen molar-refractivity contribution in [3.63, 3.8) is 0 Å². The number of hydrogen-bond donors (Lipinski definition) is 1. The van der Waals surface area contributed by atoms with Crippen molar-refractivity contribution < 1.29 is 14.5 Å². The number of benzene rings is 3. The van der Waals surface area contributed by atoms with Crippen molar-refractivity contribution in [3.05, 3.63) is 88.5 Å². The second kappa shape index (κ2) is 8.14. The van der Waals surface area contributed by atoms with Gasteiger partial charge in [-0.15, -0.1) is 0 Å². The lowest BCUT2D eigenvalue weighted by atomic mass is 10.0. The van der Waals surface area contributed by atoms with Crippen LogP contribution in [-0.4, -0.2) is 17.4 Å². The second-order valence-corrected chi connectivity index (χ2v) is 5.95. The standard InChI is InChI=1S/C21H18N2O4/c1-15-13-17(11-12-20(15)23(25)26)27-14-21(24)22-19-10-6-5-9-18(19)16-7-3-2-4-8-16/h2-13H,14H2,1H3,(H,22,24). The summed E-state index contributed by atoms with van der Waals surface area (Å²) < 4.78 is 5.47. The lowest BCUT2D eigenvalue weighted by Gasteiger charge is -2.12. The van der Waals surface area contributed by atoms with E-state index in [0.717, 1.165) is 11.1 Å². The number of rotatable bonds is 6. The Morgan fingerprint density at radius 2 is 1.74 bits per heavy atom. The molecule has 3 aromatic carbocycles. The van der Waals surface area contributed by atoms with Gasteiger partial charge in [0.05, 0.1) is 4.92 Å². The summed E-state index contributed by atoms with van der Waals surface area (Å²) >= 11 is 0. The fraction of sp³-hybridized carbons (Fsp3) is 0.0952. The largest absolute Gasteiger partial charge is 0.484 e. The molecule has 136 valence electrons. The van der Waals surface area contributed by atoms with E-state index in [1.165, 1.54) is 12.1 Å². The minimum absolute atomic E-state index is 0.0172. The summed E-state index contributed by atoms with van der Waals surface area (Å²) in [6, 6.07) is 21.7. The van der Waals surface area contributed by atoms with Gasteiger partial charge in [0.15, 0.2) is 6.61 Å². The lowest BCUT2D eigenvalue weighted by Crippen LogP contribution is -2.20. The van der Waals surface area contributed by atoms with Crippen molar-refractivity contribution in [2.45, 2.75) is 6.92 Å². The minimum Gasteiger partial charge on any atom is -0.484 e. The topological polar surface area (TPSA) is 81.5 Å². The van der Waals surface area contributed by atoms with Crippen LogP contribution >= 0.6 is 0 Å². The molecular weight excluding hydrogens is 344 g/mol. The molecule has 0 radical (unpaired) electrons. The summed E-state index contributed by atoms with van der Waals surface area (Å²) in [5.74, 6) is 0.0963. The van der Waals surface area contributed by atoms with Crippen molar-refractivity contribution in [1.29, 1.82) is 0 Å². The van der Waals surface area contributed by atoms with Gasteiger partial charge in [-0.2, -0.15) is 0 Å². The Kier molecular flexibility index (Phi) is 5.47. The molecule has 0 aliphatic carbocycles. The molecule has 1 N–H and O–H groups in total. The Morgan fingerprint density at radius 1 is 1.04 bits per heavy atom. The summed E-state index contributed by atoms with van der Waals surface area (Å²) in [6.07, 6.45) is 0. The number of nitro groups is 1. The van der Waals surface area contributed by atoms with E-state index in [1.54, 1.807) is 13.0 Å². The molecule has 0 spiro atoms. The van der Waals surface area contributed by atoms with Crippen molar-refractivity contribution in [3.8, 4) is 16.9 Å². The maximum atomic E-state index is 12.3. The van der Waals surface area contributed by atoms with Gasteiger partial charge in [0.25, 0.3) is 11.6 Å². The van der Waals surface area contributed by atoms with Crippen LogP contribution in [0.1, 0.15) is 5.56 Å². The van der Waals surface area contributed by atoms with Gasteiger partial charge >= 0.3 is 0 Å². The van der Waals surface area contributed by atoms with Crippen LogP contribution < -0.4 is 10.1 Å². The number of nitro benzene ring substituents is 1. The molecule has 0 saturated heterocycles. The third kappa shape index (κ3) is 4.49. The van der Waals surface area contributed by atoms with Crippen LogP contribution in [0.5, 0.6) is 5.75 Å². The second-order valence-electron chi connectivity index (χ2n) is 5.95. The SMILES string of the molecule is Cc1cc(OCC(=O)Nc2ccccc2-c2ccccc2)ccc1[N+](=O)[O-]. The number of nitrogens with one attached hydrogen (secondary N) is 1. The summed E-state index contributed by atoms with van der Waals surface area (Å²) in [7, 11) is 0. The van der Waals surface area contributed by atoms with Gasteiger partial charge in [0.1, 0.15) is 5.75 Å². The molecule has 0 bridgehead atoms. The van der Waals surface area contributed by atoms with E-state index >= 15 is 0 Å². The third-order valence-electron chi connectivity index (χ3n) is 4.02. The van der Waals surface area contributed by atoms with Gasteiger partial charge in [-0.05, 0) is 30.7 Å². The van der Waals surface area contributed by atoms with Gasteiger partial charge in [-0.25, -0.2) is 0 Å². The quantitative estimate of drug-likeness (QED) is 0.514. The van der Waals surface area contributed by atoms with Crippen LogP contribution in [0.25, 0.3) is 11.1 Å². The minimum atomic E-state index is -0.452. The maximum absolute atomic E-state index is 12.3. The smallest absolute Gasteiger partial charge is 0.272 e.